The van der Waals surface area contributed by atoms with Gasteiger partial charge in [0.15, 0.2) is 0 Å². The van der Waals surface area contributed by atoms with Crippen LogP contribution in [0.25, 0.3) is 0 Å². The van der Waals surface area contributed by atoms with Gasteiger partial charge in [0, 0.05) is 12.7 Å². The third kappa shape index (κ3) is 2.64. The molecule has 1 aromatic carbocycles. The predicted molar refractivity (Wildman–Crippen MR) is 74.5 cm³/mol. The smallest absolute Gasteiger partial charge is 0.240 e. The second-order valence-corrected chi connectivity index (χ2v) is 4.48. The number of carbonyl (C=O) groups is 1. The lowest BCUT2D eigenvalue weighted by Crippen LogP contribution is -2.34. The maximum atomic E-state index is 11.9. The molecule has 0 aliphatic carbocycles. The van der Waals surface area contributed by atoms with E-state index in [0.29, 0.717) is 6.54 Å². The van der Waals surface area contributed by atoms with Gasteiger partial charge in [0.2, 0.25) is 5.91 Å². The third-order valence-corrected chi connectivity index (χ3v) is 3.27. The van der Waals surface area contributed by atoms with E-state index in [2.05, 4.69) is 5.32 Å². The van der Waals surface area contributed by atoms with E-state index >= 15 is 0 Å². The molecule has 0 bridgehead atoms. The van der Waals surface area contributed by atoms with Crippen LogP contribution >= 0.6 is 0 Å². The number of methoxy groups -OCH3 is 1. The van der Waals surface area contributed by atoms with Crippen molar-refractivity contribution in [3.8, 4) is 5.75 Å². The topological polar surface area (TPSA) is 41.6 Å². The van der Waals surface area contributed by atoms with Gasteiger partial charge in [-0.2, -0.15) is 0 Å². The summed E-state index contributed by atoms with van der Waals surface area (Å²) in [5, 5.41) is 2.87. The van der Waals surface area contributed by atoms with E-state index < -0.39 is 0 Å². The molecule has 0 unspecified atom stereocenters. The minimum atomic E-state index is 0.0459. The highest BCUT2D eigenvalue weighted by molar-refractivity contribution is 5.95. The monoisotopic (exact) mass is 250 g/mol. The van der Waals surface area contributed by atoms with Crippen molar-refractivity contribution < 1.29 is 9.53 Å². The van der Waals surface area contributed by atoms with Crippen molar-refractivity contribution in [3.05, 3.63) is 22.8 Å². The van der Waals surface area contributed by atoms with Crippen molar-refractivity contribution in [2.45, 2.75) is 20.8 Å². The van der Waals surface area contributed by atoms with E-state index in [9.17, 15) is 4.79 Å². The van der Waals surface area contributed by atoms with E-state index in [1.807, 2.05) is 26.8 Å². The van der Waals surface area contributed by atoms with E-state index in [1.54, 1.807) is 26.1 Å². The minimum absolute atomic E-state index is 0.0459. The van der Waals surface area contributed by atoms with Gasteiger partial charge in [-0.05, 0) is 50.6 Å². The summed E-state index contributed by atoms with van der Waals surface area (Å²) in [6.07, 6.45) is 0. The lowest BCUT2D eigenvalue weighted by atomic mass is 10.0. The first-order chi connectivity index (χ1) is 8.43. The molecule has 1 rings (SSSR count). The SMILES string of the molecule is CNCC(=O)N(C)c1cc(C)c(OC)c(C)c1C. The molecule has 0 fully saturated rings. The molecule has 1 aromatic rings. The summed E-state index contributed by atoms with van der Waals surface area (Å²) in [6.45, 7) is 6.35. The Morgan fingerprint density at radius 3 is 2.44 bits per heavy atom. The second kappa shape index (κ2) is 5.87. The highest BCUT2D eigenvalue weighted by atomic mass is 16.5. The molecule has 0 aromatic heterocycles. The summed E-state index contributed by atoms with van der Waals surface area (Å²) in [4.78, 5) is 13.6. The van der Waals surface area contributed by atoms with Gasteiger partial charge in [-0.15, -0.1) is 0 Å². The quantitative estimate of drug-likeness (QED) is 0.886. The number of amides is 1. The van der Waals surface area contributed by atoms with Crippen molar-refractivity contribution >= 4 is 11.6 Å². The minimum Gasteiger partial charge on any atom is -0.496 e. The Balaban J connectivity index is 3.22. The fraction of sp³-hybridized carbons (Fsp3) is 0.500. The van der Waals surface area contributed by atoms with Crippen molar-refractivity contribution in [1.82, 2.24) is 5.32 Å². The molecule has 4 heteroatoms. The lowest BCUT2D eigenvalue weighted by molar-refractivity contribution is -0.117. The first kappa shape index (κ1) is 14.5. The number of nitrogens with zero attached hydrogens (tertiary/aromatic N) is 1. The zero-order chi connectivity index (χ0) is 13.9. The molecular weight excluding hydrogens is 228 g/mol. The molecule has 0 aliphatic rings. The molecule has 18 heavy (non-hydrogen) atoms. The van der Waals surface area contributed by atoms with Gasteiger partial charge >= 0.3 is 0 Å². The Morgan fingerprint density at radius 1 is 1.33 bits per heavy atom. The molecule has 0 aliphatic heterocycles. The number of benzene rings is 1. The fourth-order valence-electron chi connectivity index (χ4n) is 2.10. The Morgan fingerprint density at radius 2 is 1.94 bits per heavy atom. The van der Waals surface area contributed by atoms with Crippen molar-refractivity contribution in [1.29, 1.82) is 0 Å². The van der Waals surface area contributed by atoms with Crippen LogP contribution in [0.4, 0.5) is 5.69 Å². The molecule has 0 saturated carbocycles. The Hall–Kier alpha value is -1.55. The number of anilines is 1. The van der Waals surface area contributed by atoms with Gasteiger partial charge in [-0.3, -0.25) is 4.79 Å². The van der Waals surface area contributed by atoms with Gasteiger partial charge < -0.3 is 15.0 Å². The Bertz CT molecular complexity index is 456. The Labute approximate surface area is 109 Å². The van der Waals surface area contributed by atoms with Gasteiger partial charge in [-0.1, -0.05) is 0 Å². The number of ether oxygens (including phenoxy) is 1. The number of hydrogen-bond acceptors (Lipinski definition) is 3. The molecule has 4 nitrogen and oxygen atoms in total. The van der Waals surface area contributed by atoms with Crippen LogP contribution < -0.4 is 15.0 Å². The summed E-state index contributed by atoms with van der Waals surface area (Å²) >= 11 is 0. The standard InChI is InChI=1S/C14H22N2O2/c1-9-7-12(16(5)13(17)8-15-4)10(2)11(3)14(9)18-6/h7,15H,8H2,1-6H3. The lowest BCUT2D eigenvalue weighted by Gasteiger charge is -2.23. The largest absolute Gasteiger partial charge is 0.496 e. The number of rotatable bonds is 4. The summed E-state index contributed by atoms with van der Waals surface area (Å²) in [7, 11) is 5.24. The van der Waals surface area contributed by atoms with E-state index in [1.165, 1.54) is 0 Å². The van der Waals surface area contributed by atoms with Crippen molar-refractivity contribution in [2.24, 2.45) is 0 Å². The average Bonchev–Trinajstić information content (AvgIpc) is 2.34. The summed E-state index contributed by atoms with van der Waals surface area (Å²) in [6, 6.07) is 1.99. The average molecular weight is 250 g/mol. The van der Waals surface area contributed by atoms with Crippen LogP contribution in [0.1, 0.15) is 16.7 Å². The fourth-order valence-corrected chi connectivity index (χ4v) is 2.10. The number of carbonyl (C=O) groups excluding carboxylic acids is 1. The number of hydrogen-bond donors (Lipinski definition) is 1. The van der Waals surface area contributed by atoms with Crippen LogP contribution in [0, 0.1) is 20.8 Å². The van der Waals surface area contributed by atoms with Gasteiger partial charge in [0.05, 0.1) is 13.7 Å². The van der Waals surface area contributed by atoms with Crippen LogP contribution in [-0.4, -0.2) is 33.7 Å². The van der Waals surface area contributed by atoms with Crippen LogP contribution in [0.15, 0.2) is 6.07 Å². The van der Waals surface area contributed by atoms with E-state index in [0.717, 1.165) is 28.1 Å². The molecule has 0 radical (unpaired) electrons. The predicted octanol–water partition coefficient (Wildman–Crippen LogP) is 1.80. The second-order valence-electron chi connectivity index (χ2n) is 4.48. The van der Waals surface area contributed by atoms with Crippen molar-refractivity contribution in [3.63, 3.8) is 0 Å². The molecule has 0 saturated heterocycles. The molecule has 1 amide bonds. The van der Waals surface area contributed by atoms with Crippen LogP contribution in [0.2, 0.25) is 0 Å². The maximum Gasteiger partial charge on any atom is 0.240 e. The molecule has 100 valence electrons. The first-order valence-corrected chi connectivity index (χ1v) is 6.00. The highest BCUT2D eigenvalue weighted by Crippen LogP contribution is 2.32. The molecule has 1 N–H and O–H groups in total. The van der Waals surface area contributed by atoms with Crippen LogP contribution in [0.3, 0.4) is 0 Å². The van der Waals surface area contributed by atoms with E-state index in [4.69, 9.17) is 4.74 Å². The van der Waals surface area contributed by atoms with Gasteiger partial charge in [0.1, 0.15) is 5.75 Å². The normalized spacial score (nSPS) is 10.3. The number of nitrogens with one attached hydrogen (secondary N) is 1. The highest BCUT2D eigenvalue weighted by Gasteiger charge is 2.17. The maximum absolute atomic E-state index is 11.9. The molecule has 0 spiro atoms. The number of likely N-dealkylation sites (N-methyl/N-ethyl adjacent to an activating group) is 2. The number of aryl methyl sites for hydroxylation is 1. The van der Waals surface area contributed by atoms with Gasteiger partial charge in [0.25, 0.3) is 0 Å². The molecular formula is C14H22N2O2. The zero-order valence-corrected chi connectivity index (χ0v) is 12.0. The molecule has 0 atom stereocenters. The summed E-state index contributed by atoms with van der Waals surface area (Å²) < 4.78 is 5.38. The van der Waals surface area contributed by atoms with Crippen molar-refractivity contribution in [2.75, 3.05) is 32.6 Å². The summed E-state index contributed by atoms with van der Waals surface area (Å²) in [5.41, 5.74) is 4.13. The zero-order valence-electron chi connectivity index (χ0n) is 12.0. The third-order valence-electron chi connectivity index (χ3n) is 3.27. The van der Waals surface area contributed by atoms with Crippen LogP contribution in [0.5, 0.6) is 5.75 Å². The van der Waals surface area contributed by atoms with E-state index in [-0.39, 0.29) is 5.91 Å². The Kier molecular flexibility index (Phi) is 4.73. The first-order valence-electron chi connectivity index (χ1n) is 6.00. The van der Waals surface area contributed by atoms with Gasteiger partial charge in [-0.25, -0.2) is 0 Å². The summed E-state index contributed by atoms with van der Waals surface area (Å²) in [5.74, 6) is 0.940. The molecule has 0 heterocycles. The van der Waals surface area contributed by atoms with Crippen LogP contribution in [-0.2, 0) is 4.79 Å².